The Hall–Kier alpha value is -3.80. The lowest BCUT2D eigenvalue weighted by Crippen LogP contribution is -2.52. The first kappa shape index (κ1) is 24.3. The molecule has 0 aliphatic carbocycles. The molecule has 186 valence electrons. The zero-order valence-corrected chi connectivity index (χ0v) is 19.8. The van der Waals surface area contributed by atoms with Crippen LogP contribution in [0.15, 0.2) is 36.8 Å². The average Bonchev–Trinajstić information content (AvgIpc) is 3.26. The van der Waals surface area contributed by atoms with E-state index in [1.165, 1.54) is 12.3 Å². The third-order valence-electron chi connectivity index (χ3n) is 5.82. The number of hydrogen-bond donors (Lipinski definition) is 2. The topological polar surface area (TPSA) is 106 Å². The highest BCUT2D eigenvalue weighted by Gasteiger charge is 2.36. The van der Waals surface area contributed by atoms with E-state index in [0.717, 1.165) is 16.8 Å². The van der Waals surface area contributed by atoms with Crippen LogP contribution >= 0.6 is 0 Å². The molecule has 35 heavy (non-hydrogen) atoms. The highest BCUT2D eigenvalue weighted by atomic mass is 19.3. The van der Waals surface area contributed by atoms with E-state index in [2.05, 4.69) is 30.4 Å². The van der Waals surface area contributed by atoms with Gasteiger partial charge in [-0.1, -0.05) is 6.07 Å². The molecule has 4 heterocycles. The fourth-order valence-corrected chi connectivity index (χ4v) is 3.99. The molecule has 12 heteroatoms. The predicted molar refractivity (Wildman–Crippen MR) is 126 cm³/mol. The minimum atomic E-state index is -2.91. The van der Waals surface area contributed by atoms with Crippen molar-refractivity contribution < 1.29 is 23.0 Å². The molecule has 0 spiro atoms. The normalized spacial score (nSPS) is 16.1. The predicted octanol–water partition coefficient (Wildman–Crippen LogP) is 3.04. The van der Waals surface area contributed by atoms with Crippen LogP contribution in [0.5, 0.6) is 5.88 Å². The van der Waals surface area contributed by atoms with Crippen molar-refractivity contribution in [3.63, 3.8) is 0 Å². The molecule has 0 fully saturated rings. The molecule has 4 rings (SSSR count). The number of nitrogens with zero attached hydrogens (tertiary/aromatic N) is 5. The van der Waals surface area contributed by atoms with E-state index >= 15 is 0 Å². The van der Waals surface area contributed by atoms with E-state index < -0.39 is 12.7 Å². The molecule has 0 bridgehead atoms. The van der Waals surface area contributed by atoms with Gasteiger partial charge in [-0.25, -0.2) is 9.97 Å². The number of anilines is 3. The molecule has 0 saturated heterocycles. The molecule has 1 aliphatic rings. The maximum absolute atomic E-state index is 12.6. The van der Waals surface area contributed by atoms with Gasteiger partial charge in [-0.05, 0) is 19.4 Å². The molecule has 0 aromatic carbocycles. The summed E-state index contributed by atoms with van der Waals surface area (Å²) in [5, 5.41) is 10.6. The summed E-state index contributed by atoms with van der Waals surface area (Å²) in [6.45, 7) is 1.72. The van der Waals surface area contributed by atoms with Crippen LogP contribution in [0.25, 0.3) is 0 Å². The maximum Gasteiger partial charge on any atom is 0.388 e. The van der Waals surface area contributed by atoms with Crippen LogP contribution in [0.1, 0.15) is 23.7 Å². The second-order valence-corrected chi connectivity index (χ2v) is 8.26. The average molecular weight is 488 g/mol. The summed E-state index contributed by atoms with van der Waals surface area (Å²) in [6, 6.07) is 4.51. The molecular formula is C23H27F2N7O3. The third kappa shape index (κ3) is 5.48. The Labute approximate surface area is 201 Å². The van der Waals surface area contributed by atoms with Crippen molar-refractivity contribution in [2.75, 3.05) is 29.7 Å². The summed E-state index contributed by atoms with van der Waals surface area (Å²) in [5.41, 5.74) is 3.98. The van der Waals surface area contributed by atoms with Crippen LogP contribution in [-0.2, 0) is 22.6 Å². The highest BCUT2D eigenvalue weighted by Crippen LogP contribution is 2.36. The number of carbonyl (C=O) groups excluding carboxylic acids is 1. The van der Waals surface area contributed by atoms with Gasteiger partial charge in [-0.3, -0.25) is 9.48 Å². The minimum absolute atomic E-state index is 0.126. The summed E-state index contributed by atoms with van der Waals surface area (Å²) < 4.78 is 35.9. The van der Waals surface area contributed by atoms with Crippen LogP contribution in [0.3, 0.4) is 0 Å². The maximum atomic E-state index is 12.6. The van der Waals surface area contributed by atoms with E-state index in [0.29, 0.717) is 30.3 Å². The summed E-state index contributed by atoms with van der Waals surface area (Å²) in [5.74, 6) is 0.411. The first-order chi connectivity index (χ1) is 16.7. The Morgan fingerprint density at radius 3 is 2.74 bits per heavy atom. The first-order valence-corrected chi connectivity index (χ1v) is 11.0. The van der Waals surface area contributed by atoms with Crippen LogP contribution in [-0.4, -0.2) is 58.6 Å². The lowest BCUT2D eigenvalue weighted by Gasteiger charge is -2.38. The zero-order chi connectivity index (χ0) is 25.1. The Morgan fingerprint density at radius 1 is 1.26 bits per heavy atom. The Bertz CT molecular complexity index is 1190. The van der Waals surface area contributed by atoms with Gasteiger partial charge in [-0.15, -0.1) is 0 Å². The second kappa shape index (κ2) is 10.2. The summed E-state index contributed by atoms with van der Waals surface area (Å²) in [6.07, 6.45) is 4.81. The van der Waals surface area contributed by atoms with Gasteiger partial charge in [0.05, 0.1) is 35.9 Å². The lowest BCUT2D eigenvalue weighted by molar-refractivity contribution is -0.120. The van der Waals surface area contributed by atoms with E-state index in [9.17, 15) is 13.6 Å². The number of alkyl halides is 2. The Morgan fingerprint density at radius 2 is 2.06 bits per heavy atom. The van der Waals surface area contributed by atoms with Crippen molar-refractivity contribution in [2.45, 2.75) is 45.7 Å². The zero-order valence-electron chi connectivity index (χ0n) is 19.8. The number of aromatic nitrogens is 4. The van der Waals surface area contributed by atoms with Crippen LogP contribution < -0.4 is 20.3 Å². The summed E-state index contributed by atoms with van der Waals surface area (Å²) >= 11 is 0. The number of fused-ring (bicyclic) bond motifs is 1. The van der Waals surface area contributed by atoms with Crippen molar-refractivity contribution in [1.29, 1.82) is 0 Å². The number of hydrogen-bond acceptors (Lipinski definition) is 8. The van der Waals surface area contributed by atoms with Gasteiger partial charge in [0.25, 0.3) is 0 Å². The van der Waals surface area contributed by atoms with E-state index in [4.69, 9.17) is 4.74 Å². The van der Waals surface area contributed by atoms with Gasteiger partial charge in [0.2, 0.25) is 11.8 Å². The number of carbonyl (C=O) groups is 1. The van der Waals surface area contributed by atoms with Crippen molar-refractivity contribution in [1.82, 2.24) is 19.7 Å². The SMILES string of the molecule is CO[C@H](C)[C@H]1C(=O)Nc2c(cc(NCc3cnn(Cc4ccc(OC(F)F)nc4)c3)nc2C)N1C. The number of methoxy groups -OCH3 is 1. The molecule has 3 aromatic heterocycles. The molecule has 0 radical (unpaired) electrons. The summed E-state index contributed by atoms with van der Waals surface area (Å²) in [7, 11) is 3.45. The fraction of sp³-hybridized carbons (Fsp3) is 0.391. The van der Waals surface area contributed by atoms with Gasteiger partial charge in [-0.2, -0.15) is 13.9 Å². The number of amides is 1. The molecule has 2 atom stereocenters. The Kier molecular flexibility index (Phi) is 7.10. The molecule has 3 aromatic rings. The molecule has 1 amide bonds. The van der Waals surface area contributed by atoms with Crippen molar-refractivity contribution >= 4 is 23.1 Å². The molecule has 1 aliphatic heterocycles. The number of nitrogens with one attached hydrogen (secondary N) is 2. The molecule has 0 unspecified atom stereocenters. The highest BCUT2D eigenvalue weighted by molar-refractivity contribution is 6.04. The third-order valence-corrected chi connectivity index (χ3v) is 5.82. The number of pyridine rings is 2. The smallest absolute Gasteiger partial charge is 0.388 e. The van der Waals surface area contributed by atoms with Crippen LogP contribution in [0.2, 0.25) is 0 Å². The molecule has 2 N–H and O–H groups in total. The standard InChI is InChI=1S/C23H27F2N7O3/c1-13-20-17(31(3)21(14(2)34-4)22(33)30-20)7-18(29-13)26-9-16-10-28-32(12-16)11-15-5-6-19(27-8-15)35-23(24)25/h5-8,10,12,14,21,23H,9,11H2,1-4H3,(H,26,29)(H,30,33)/t14-,21+/m1/s1. The molecule has 0 saturated carbocycles. The van der Waals surface area contributed by atoms with Crippen LogP contribution in [0, 0.1) is 6.92 Å². The number of halogens is 2. The van der Waals surface area contributed by atoms with Crippen molar-refractivity contribution in [3.8, 4) is 5.88 Å². The van der Waals surface area contributed by atoms with Gasteiger partial charge in [0.15, 0.2) is 0 Å². The fourth-order valence-electron chi connectivity index (χ4n) is 3.99. The minimum Gasteiger partial charge on any atom is -0.417 e. The molecular weight excluding hydrogens is 460 g/mol. The van der Waals surface area contributed by atoms with Crippen molar-refractivity contribution in [3.05, 3.63) is 53.6 Å². The first-order valence-electron chi connectivity index (χ1n) is 11.0. The van der Waals surface area contributed by atoms with E-state index in [1.54, 1.807) is 24.1 Å². The van der Waals surface area contributed by atoms with Gasteiger partial charge < -0.3 is 25.0 Å². The molecule has 10 nitrogen and oxygen atoms in total. The quantitative estimate of drug-likeness (QED) is 0.475. The number of rotatable bonds is 9. The number of aryl methyl sites for hydroxylation is 1. The van der Waals surface area contributed by atoms with Gasteiger partial charge in [0.1, 0.15) is 11.9 Å². The van der Waals surface area contributed by atoms with Crippen LogP contribution in [0.4, 0.5) is 26.0 Å². The lowest BCUT2D eigenvalue weighted by atomic mass is 10.0. The number of ether oxygens (including phenoxy) is 2. The second-order valence-electron chi connectivity index (χ2n) is 8.26. The monoisotopic (exact) mass is 487 g/mol. The number of likely N-dealkylation sites (N-methyl/N-ethyl adjacent to an activating group) is 1. The van der Waals surface area contributed by atoms with Gasteiger partial charge in [0, 0.05) is 50.8 Å². The van der Waals surface area contributed by atoms with Crippen molar-refractivity contribution in [2.24, 2.45) is 0 Å². The largest absolute Gasteiger partial charge is 0.417 e. The van der Waals surface area contributed by atoms with E-state index in [1.807, 2.05) is 38.1 Å². The Balaban J connectivity index is 1.41. The van der Waals surface area contributed by atoms with E-state index in [-0.39, 0.29) is 17.9 Å². The summed E-state index contributed by atoms with van der Waals surface area (Å²) in [4.78, 5) is 22.9. The van der Waals surface area contributed by atoms with Gasteiger partial charge >= 0.3 is 6.61 Å².